The average Bonchev–Trinajstić information content (AvgIpc) is 3.55. The van der Waals surface area contributed by atoms with Crippen molar-refractivity contribution in [3.63, 3.8) is 0 Å². The first-order chi connectivity index (χ1) is 18.7. The van der Waals surface area contributed by atoms with Crippen LogP contribution in [0.4, 0.5) is 11.8 Å². The fourth-order valence-electron chi connectivity index (χ4n) is 4.34. The third-order valence-corrected chi connectivity index (χ3v) is 7.92. The van der Waals surface area contributed by atoms with Gasteiger partial charge in [-0.2, -0.15) is 15.1 Å². The van der Waals surface area contributed by atoms with E-state index in [1.807, 2.05) is 6.92 Å². The second-order valence-corrected chi connectivity index (χ2v) is 10.6. The van der Waals surface area contributed by atoms with Crippen molar-refractivity contribution in [2.45, 2.75) is 45.1 Å². The number of nitrogens with one attached hydrogen (secondary N) is 3. The molecule has 0 amide bonds. The molecule has 0 spiro atoms. The smallest absolute Gasteiger partial charge is 0.459 e. The van der Waals surface area contributed by atoms with Crippen LogP contribution in [0.15, 0.2) is 36.7 Å². The summed E-state index contributed by atoms with van der Waals surface area (Å²) in [5.41, 5.74) is 7.36. The molecule has 5 N–H and O–H groups in total. The zero-order valence-corrected chi connectivity index (χ0v) is 23.1. The first kappa shape index (κ1) is 28.4. The molecule has 1 fully saturated rings. The number of methoxy groups -OCH3 is 1. The number of benzene rings is 1. The standard InChI is InChI=1S/C24H33N8O6P/c1-5-18(25)17-11-16(37-22(17)32-13-28-19-20(27-3)29-24(26)30-21(19)32)12-36-39(34,31-14(2)23(33)35-4)38-15-9-7-6-8-10-15/h6-10,13-14,16-17,22,25H,5,11-12H2,1-4H3,(H,31,34)(H3,26,27,29,30)/t14-,16+,17-,22-,39+/m1/s1. The summed E-state index contributed by atoms with van der Waals surface area (Å²) in [5.74, 6) is -0.117. The van der Waals surface area contributed by atoms with Crippen LogP contribution in [0.1, 0.15) is 32.9 Å². The lowest BCUT2D eigenvalue weighted by Gasteiger charge is -2.24. The molecule has 1 aliphatic rings. The maximum Gasteiger partial charge on any atom is 0.459 e. The number of para-hydroxylation sites is 1. The third-order valence-electron chi connectivity index (χ3n) is 6.28. The first-order valence-electron chi connectivity index (χ1n) is 12.4. The Morgan fingerprint density at radius 1 is 1.33 bits per heavy atom. The van der Waals surface area contributed by atoms with Gasteiger partial charge in [0.2, 0.25) is 5.95 Å². The Bertz CT molecular complexity index is 1370. The van der Waals surface area contributed by atoms with Crippen LogP contribution in [0.3, 0.4) is 0 Å². The summed E-state index contributed by atoms with van der Waals surface area (Å²) in [6, 6.07) is 7.51. The number of carbonyl (C=O) groups excluding carboxylic acids is 1. The molecule has 0 aliphatic carbocycles. The van der Waals surface area contributed by atoms with E-state index in [0.29, 0.717) is 41.3 Å². The van der Waals surface area contributed by atoms with E-state index in [9.17, 15) is 9.36 Å². The van der Waals surface area contributed by atoms with Crippen LogP contribution in [0, 0.1) is 11.3 Å². The van der Waals surface area contributed by atoms with Crippen LogP contribution in [0.25, 0.3) is 11.2 Å². The lowest BCUT2D eigenvalue weighted by molar-refractivity contribution is -0.142. The molecule has 0 radical (unpaired) electrons. The number of hydrogen-bond donors (Lipinski definition) is 4. The van der Waals surface area contributed by atoms with Crippen molar-refractivity contribution in [2.75, 3.05) is 31.8 Å². The van der Waals surface area contributed by atoms with Gasteiger partial charge in [-0.05, 0) is 31.9 Å². The molecule has 1 aromatic carbocycles. The van der Waals surface area contributed by atoms with E-state index in [-0.39, 0.29) is 18.5 Å². The van der Waals surface area contributed by atoms with Crippen molar-refractivity contribution < 1.29 is 27.9 Å². The van der Waals surface area contributed by atoms with Gasteiger partial charge < -0.3 is 30.5 Å². The molecule has 210 valence electrons. The molecular weight excluding hydrogens is 527 g/mol. The van der Waals surface area contributed by atoms with Gasteiger partial charge in [-0.3, -0.25) is 13.9 Å². The van der Waals surface area contributed by atoms with E-state index in [1.165, 1.54) is 14.0 Å². The largest absolute Gasteiger partial charge is 0.468 e. The van der Waals surface area contributed by atoms with Crippen molar-refractivity contribution in [1.82, 2.24) is 24.6 Å². The summed E-state index contributed by atoms with van der Waals surface area (Å²) in [6.45, 7) is 3.25. The van der Waals surface area contributed by atoms with Crippen molar-refractivity contribution in [3.05, 3.63) is 36.7 Å². The van der Waals surface area contributed by atoms with Crippen LogP contribution in [-0.4, -0.2) is 64.1 Å². The summed E-state index contributed by atoms with van der Waals surface area (Å²) in [5, 5.41) is 14.2. The Labute approximate surface area is 225 Å². The summed E-state index contributed by atoms with van der Waals surface area (Å²) in [7, 11) is -1.11. The van der Waals surface area contributed by atoms with Crippen LogP contribution >= 0.6 is 7.75 Å². The van der Waals surface area contributed by atoms with Crippen molar-refractivity contribution in [2.24, 2.45) is 5.92 Å². The van der Waals surface area contributed by atoms with Gasteiger partial charge in [-0.15, -0.1) is 0 Å². The second-order valence-electron chi connectivity index (χ2n) is 8.95. The van der Waals surface area contributed by atoms with Crippen molar-refractivity contribution in [1.29, 1.82) is 5.41 Å². The van der Waals surface area contributed by atoms with Crippen molar-refractivity contribution >= 4 is 42.4 Å². The maximum absolute atomic E-state index is 13.7. The number of esters is 1. The van der Waals surface area contributed by atoms with E-state index in [1.54, 1.807) is 48.3 Å². The van der Waals surface area contributed by atoms with E-state index in [0.717, 1.165) is 0 Å². The number of nitrogens with zero attached hydrogens (tertiary/aromatic N) is 4. The molecule has 1 saturated heterocycles. The van der Waals surface area contributed by atoms with E-state index >= 15 is 0 Å². The van der Waals surface area contributed by atoms with Gasteiger partial charge in [0.05, 0.1) is 26.1 Å². The van der Waals surface area contributed by atoms with Crippen molar-refractivity contribution in [3.8, 4) is 5.75 Å². The Kier molecular flexibility index (Phi) is 8.80. The number of fused-ring (bicyclic) bond motifs is 1. The minimum Gasteiger partial charge on any atom is -0.468 e. The number of carbonyl (C=O) groups is 1. The van der Waals surface area contributed by atoms with Gasteiger partial charge >= 0.3 is 13.7 Å². The number of imidazole rings is 1. The summed E-state index contributed by atoms with van der Waals surface area (Å²) in [6.07, 6.45) is 1.31. The highest BCUT2D eigenvalue weighted by Crippen LogP contribution is 2.46. The van der Waals surface area contributed by atoms with Gasteiger partial charge in [0, 0.05) is 18.7 Å². The van der Waals surface area contributed by atoms with Crippen LogP contribution in [0.2, 0.25) is 0 Å². The minimum absolute atomic E-state index is 0.0680. The Morgan fingerprint density at radius 3 is 2.74 bits per heavy atom. The molecule has 0 unspecified atom stereocenters. The number of nitrogens with two attached hydrogens (primary N) is 1. The molecule has 0 saturated carbocycles. The number of hydrogen-bond acceptors (Lipinski definition) is 12. The SMILES string of the molecule is CCC(=N)[C@H]1C[C@@H](CO[P@@](=O)(N[C@H](C)C(=O)OC)Oc2ccccc2)O[C@H]1n1cnc2c(NC)nc(N)nc21. The normalized spacial score (nSPS) is 21.3. The predicted octanol–water partition coefficient (Wildman–Crippen LogP) is 3.14. The van der Waals surface area contributed by atoms with Gasteiger partial charge in [0.1, 0.15) is 18.0 Å². The van der Waals surface area contributed by atoms with Crippen LogP contribution in [-0.2, 0) is 23.4 Å². The highest BCUT2D eigenvalue weighted by molar-refractivity contribution is 7.52. The topological polar surface area (TPSA) is 189 Å². The molecule has 0 bridgehead atoms. The van der Waals surface area contributed by atoms with Gasteiger partial charge in [-0.1, -0.05) is 25.1 Å². The lowest BCUT2D eigenvalue weighted by atomic mass is 9.96. The highest BCUT2D eigenvalue weighted by atomic mass is 31.2. The molecule has 14 nitrogen and oxygen atoms in total. The van der Waals surface area contributed by atoms with E-state index in [2.05, 4.69) is 25.4 Å². The number of anilines is 2. The minimum atomic E-state index is -4.05. The Hall–Kier alpha value is -3.58. The molecule has 1 aliphatic heterocycles. The van der Waals surface area contributed by atoms with Crippen LogP contribution < -0.4 is 20.7 Å². The van der Waals surface area contributed by atoms with Crippen LogP contribution in [0.5, 0.6) is 5.75 Å². The number of nitrogen functional groups attached to an aromatic ring is 1. The van der Waals surface area contributed by atoms with Gasteiger partial charge in [0.15, 0.2) is 17.0 Å². The molecular formula is C24H33N8O6P. The first-order valence-corrected chi connectivity index (χ1v) is 14.0. The molecule has 2 aromatic heterocycles. The quantitative estimate of drug-likeness (QED) is 0.144. The molecule has 3 heterocycles. The fourth-order valence-corrected chi connectivity index (χ4v) is 5.86. The summed E-state index contributed by atoms with van der Waals surface area (Å²) >= 11 is 0. The Morgan fingerprint density at radius 2 is 2.08 bits per heavy atom. The number of ether oxygens (including phenoxy) is 2. The lowest BCUT2D eigenvalue weighted by Crippen LogP contribution is -2.35. The monoisotopic (exact) mass is 560 g/mol. The zero-order chi connectivity index (χ0) is 28.2. The molecule has 3 aromatic rings. The van der Waals surface area contributed by atoms with Gasteiger partial charge in [0.25, 0.3) is 0 Å². The average molecular weight is 561 g/mol. The summed E-state index contributed by atoms with van der Waals surface area (Å²) < 4.78 is 38.0. The number of aromatic nitrogens is 4. The Balaban J connectivity index is 1.57. The maximum atomic E-state index is 13.7. The third kappa shape index (κ3) is 6.36. The molecule has 39 heavy (non-hydrogen) atoms. The molecule has 15 heteroatoms. The van der Waals surface area contributed by atoms with E-state index < -0.39 is 32.1 Å². The molecule has 5 atom stereocenters. The summed E-state index contributed by atoms with van der Waals surface area (Å²) in [4.78, 5) is 25.0. The number of rotatable bonds is 12. The zero-order valence-electron chi connectivity index (χ0n) is 22.2. The molecule has 4 rings (SSSR count). The second kappa shape index (κ2) is 12.1. The highest BCUT2D eigenvalue weighted by Gasteiger charge is 2.41. The predicted molar refractivity (Wildman–Crippen MR) is 145 cm³/mol. The van der Waals surface area contributed by atoms with E-state index in [4.69, 9.17) is 29.7 Å². The fraction of sp³-hybridized carbons (Fsp3) is 0.458. The van der Waals surface area contributed by atoms with Gasteiger partial charge in [-0.25, -0.2) is 9.55 Å².